The number of amides is 2. The molecule has 3 aliphatic rings. The highest BCUT2D eigenvalue weighted by Gasteiger charge is 2.65. The molecule has 0 aromatic heterocycles. The lowest BCUT2D eigenvalue weighted by atomic mass is 9.55. The molecule has 352 valence electrons. The van der Waals surface area contributed by atoms with Gasteiger partial charge in [-0.05, 0) is 116 Å². The molecule has 0 spiro atoms. The largest absolute Gasteiger partial charge is 0.459 e. The van der Waals surface area contributed by atoms with Crippen LogP contribution in [0.3, 0.4) is 0 Å². The number of unbranched alkanes of at least 4 members (excludes halogenated alkanes) is 2. The van der Waals surface area contributed by atoms with E-state index in [2.05, 4.69) is 18.0 Å². The van der Waals surface area contributed by atoms with Crippen molar-refractivity contribution < 1.29 is 48.7 Å². The maximum absolute atomic E-state index is 14.8. The van der Waals surface area contributed by atoms with E-state index in [1.54, 1.807) is 60.4 Å². The number of aliphatic hydroxyl groups excluding tert-OH is 2. The number of fused-ring (bicyclic) bond motifs is 2. The van der Waals surface area contributed by atoms with E-state index in [-0.39, 0.29) is 74.4 Å². The van der Waals surface area contributed by atoms with Crippen LogP contribution in [0.2, 0.25) is 0 Å². The fourth-order valence-corrected chi connectivity index (χ4v) is 9.53. The first-order chi connectivity index (χ1) is 32.0. The first kappa shape index (κ1) is 49.0. The Labute approximate surface area is 384 Å². The smallest absolute Gasteiger partial charge is 0.412 e. The van der Waals surface area contributed by atoms with Crippen LogP contribution in [0.15, 0.2) is 102 Å². The molecular formula is C49H59N5O12. The van der Waals surface area contributed by atoms with Crippen LogP contribution in [0, 0.1) is 38.0 Å². The van der Waals surface area contributed by atoms with Gasteiger partial charge in [-0.3, -0.25) is 25.0 Å². The minimum absolute atomic E-state index is 0.00913. The number of carbonyl (C=O) groups excluding carboxylic acids is 2. The summed E-state index contributed by atoms with van der Waals surface area (Å²) in [7, 11) is 0. The second-order valence-electron chi connectivity index (χ2n) is 16.6. The number of nitrogens with one attached hydrogen (secondary N) is 1. The van der Waals surface area contributed by atoms with Crippen molar-refractivity contribution in [2.75, 3.05) is 32.9 Å². The second kappa shape index (κ2) is 23.2. The van der Waals surface area contributed by atoms with Crippen molar-refractivity contribution in [3.05, 3.63) is 134 Å². The average Bonchev–Trinajstić information content (AvgIpc) is 3.31. The number of ether oxygens (including phenoxy) is 3. The Balaban J connectivity index is 1.56. The van der Waals surface area contributed by atoms with E-state index in [0.29, 0.717) is 67.0 Å². The van der Waals surface area contributed by atoms with E-state index >= 15 is 0 Å². The minimum atomic E-state index is -1.55. The van der Waals surface area contributed by atoms with Gasteiger partial charge in [0.15, 0.2) is 0 Å². The molecule has 17 nitrogen and oxygen atoms in total. The molecule has 6 atom stereocenters. The number of non-ortho nitro benzene ring substituents is 2. The molecule has 17 heteroatoms. The maximum atomic E-state index is 14.8. The number of oxime groups is 1. The number of nitro groups is 2. The average molecular weight is 910 g/mol. The van der Waals surface area contributed by atoms with Crippen LogP contribution in [0.5, 0.6) is 11.5 Å². The fraction of sp³-hybridized carbons (Fsp3) is 0.449. The van der Waals surface area contributed by atoms with E-state index in [1.165, 1.54) is 30.3 Å². The Kier molecular flexibility index (Phi) is 17.2. The van der Waals surface area contributed by atoms with E-state index in [1.807, 2.05) is 13.0 Å². The monoisotopic (exact) mass is 909 g/mol. The maximum Gasteiger partial charge on any atom is 0.412 e. The number of hydrogen-bond acceptors (Lipinski definition) is 13. The number of nitrogens with zero attached hydrogens (tertiary/aromatic N) is 4. The van der Waals surface area contributed by atoms with Crippen LogP contribution in [0.4, 0.5) is 16.2 Å². The van der Waals surface area contributed by atoms with Crippen molar-refractivity contribution in [3.8, 4) is 11.5 Å². The molecule has 2 aliphatic carbocycles. The molecule has 1 saturated carbocycles. The minimum Gasteiger partial charge on any atom is -0.459 e. The third-order valence-electron chi connectivity index (χ3n) is 12.4. The number of benzene rings is 3. The molecule has 0 radical (unpaired) electrons. The van der Waals surface area contributed by atoms with Crippen LogP contribution in [-0.4, -0.2) is 87.4 Å². The Bertz CT molecular complexity index is 2280. The summed E-state index contributed by atoms with van der Waals surface area (Å²) in [5, 5.41) is 50.0. The Morgan fingerprint density at radius 3 is 2.29 bits per heavy atom. The summed E-state index contributed by atoms with van der Waals surface area (Å²) >= 11 is 0. The zero-order valence-electron chi connectivity index (χ0n) is 37.4. The molecule has 0 bridgehead atoms. The number of hydrogen-bond donors (Lipinski definition) is 3. The molecule has 1 fully saturated rings. The zero-order valence-corrected chi connectivity index (χ0v) is 37.4. The van der Waals surface area contributed by atoms with Gasteiger partial charge in [0.2, 0.25) is 11.7 Å². The molecule has 66 heavy (non-hydrogen) atoms. The summed E-state index contributed by atoms with van der Waals surface area (Å²) in [6, 6.07) is 16.3. The quantitative estimate of drug-likeness (QED) is 0.0268. The number of aliphatic hydroxyl groups is 2. The van der Waals surface area contributed by atoms with Crippen molar-refractivity contribution in [2.45, 2.75) is 89.6 Å². The first-order valence-corrected chi connectivity index (χ1v) is 22.6. The van der Waals surface area contributed by atoms with Gasteiger partial charge < -0.3 is 39.5 Å². The van der Waals surface area contributed by atoms with Gasteiger partial charge in [-0.25, -0.2) is 4.79 Å². The zero-order chi connectivity index (χ0) is 47.2. The van der Waals surface area contributed by atoms with E-state index in [9.17, 15) is 40.0 Å². The summed E-state index contributed by atoms with van der Waals surface area (Å²) in [6.45, 7) is 8.46. The normalized spacial score (nSPS) is 22.3. The van der Waals surface area contributed by atoms with Gasteiger partial charge in [0.1, 0.15) is 24.1 Å². The Hall–Kier alpha value is -6.43. The van der Waals surface area contributed by atoms with Crippen molar-refractivity contribution in [2.24, 2.45) is 22.9 Å². The topological polar surface area (TPSA) is 225 Å². The SMILES string of the molecule is C=CCOC12Oc3ccc(OC(=O)NCC)cc3C3C(CCCCO)C(CCCCO)C=C(C(=NOCc4ccc([N+](=O)[O-])cc4)CC1N(CCC)C(=O)C=Cc1ccc([N+](=O)[O-])cc1)C32. The molecular weight excluding hydrogens is 851 g/mol. The Morgan fingerprint density at radius 1 is 0.970 bits per heavy atom. The highest BCUT2D eigenvalue weighted by Crippen LogP contribution is 2.62. The van der Waals surface area contributed by atoms with Gasteiger partial charge in [0, 0.05) is 74.5 Å². The van der Waals surface area contributed by atoms with Crippen molar-refractivity contribution in [1.29, 1.82) is 0 Å². The molecule has 6 unspecified atom stereocenters. The van der Waals surface area contributed by atoms with Crippen LogP contribution in [-0.2, 0) is 21.0 Å². The van der Waals surface area contributed by atoms with E-state index in [4.69, 9.17) is 24.2 Å². The van der Waals surface area contributed by atoms with Crippen LogP contribution in [0.1, 0.15) is 87.8 Å². The number of rotatable bonds is 23. The first-order valence-electron chi connectivity index (χ1n) is 22.6. The summed E-state index contributed by atoms with van der Waals surface area (Å²) in [4.78, 5) is 57.1. The summed E-state index contributed by atoms with van der Waals surface area (Å²) in [5.74, 6) is -2.29. The Morgan fingerprint density at radius 2 is 1.65 bits per heavy atom. The van der Waals surface area contributed by atoms with E-state index in [0.717, 1.165) is 24.0 Å². The summed E-state index contributed by atoms with van der Waals surface area (Å²) in [5.41, 5.74) is 3.20. The van der Waals surface area contributed by atoms with Gasteiger partial charge in [0.05, 0.1) is 28.1 Å². The lowest BCUT2D eigenvalue weighted by molar-refractivity contribution is -0.385. The highest BCUT2D eigenvalue weighted by atomic mass is 16.7. The predicted molar refractivity (Wildman–Crippen MR) is 247 cm³/mol. The van der Waals surface area contributed by atoms with Crippen LogP contribution < -0.4 is 14.8 Å². The lowest BCUT2D eigenvalue weighted by Gasteiger charge is -2.60. The molecule has 6 rings (SSSR count). The second-order valence-corrected chi connectivity index (χ2v) is 16.6. The third-order valence-corrected chi connectivity index (χ3v) is 12.4. The van der Waals surface area contributed by atoms with Gasteiger partial charge >= 0.3 is 6.09 Å². The summed E-state index contributed by atoms with van der Waals surface area (Å²) < 4.78 is 20.0. The summed E-state index contributed by atoms with van der Waals surface area (Å²) in [6.07, 6.45) is 10.9. The van der Waals surface area contributed by atoms with Gasteiger partial charge in [0.25, 0.3) is 11.4 Å². The predicted octanol–water partition coefficient (Wildman–Crippen LogP) is 8.40. The fourth-order valence-electron chi connectivity index (χ4n) is 9.53. The number of carbonyl (C=O) groups is 2. The van der Waals surface area contributed by atoms with Crippen LogP contribution in [0.25, 0.3) is 6.08 Å². The lowest BCUT2D eigenvalue weighted by Crippen LogP contribution is -2.70. The highest BCUT2D eigenvalue weighted by molar-refractivity contribution is 6.03. The number of allylic oxidation sites excluding steroid dienone is 1. The van der Waals surface area contributed by atoms with Gasteiger partial charge in [-0.2, -0.15) is 0 Å². The molecule has 1 heterocycles. The van der Waals surface area contributed by atoms with Crippen LogP contribution >= 0.6 is 0 Å². The molecule has 3 N–H and O–H groups in total. The van der Waals surface area contributed by atoms with Crippen molar-refractivity contribution in [3.63, 3.8) is 0 Å². The standard InChI is InChI=1S/C49H59N5O12/c1-4-25-52(45(57)24-17-33-13-18-36(19-14-33)53(59)60)44-31-42(51-64-32-34-15-20-37(21-16-34)54(61)62)40-29-35(11-7-9-26-55)39(12-8-10-27-56)46-41-30-38(65-48(58)50-6-3)22-23-43(41)66-49(44,47(40)46)63-28-5-2/h5,13-24,29-30,35,39,44,46-47,55-56H,2,4,6-12,25-28,31-32H2,1,3H3,(H,50,58). The van der Waals surface area contributed by atoms with Gasteiger partial charge in [-0.1, -0.05) is 37.1 Å². The third kappa shape index (κ3) is 11.3. The van der Waals surface area contributed by atoms with Crippen molar-refractivity contribution in [1.82, 2.24) is 10.2 Å². The molecule has 2 amide bonds. The molecule has 0 saturated heterocycles. The van der Waals surface area contributed by atoms with E-state index < -0.39 is 33.7 Å². The molecule has 1 aliphatic heterocycles. The molecule has 3 aromatic rings. The van der Waals surface area contributed by atoms with Crippen molar-refractivity contribution >= 4 is 35.2 Å². The van der Waals surface area contributed by atoms with Gasteiger partial charge in [-0.15, -0.1) is 6.58 Å². The number of nitro benzene ring substituents is 2. The molecule has 3 aromatic carbocycles.